The summed E-state index contributed by atoms with van der Waals surface area (Å²) in [5.74, 6) is -3.04. The van der Waals surface area contributed by atoms with E-state index in [-0.39, 0.29) is 24.8 Å². The Morgan fingerprint density at radius 1 is 1.14 bits per heavy atom. The molecule has 0 bridgehead atoms. The predicted octanol–water partition coefficient (Wildman–Crippen LogP) is 4.82. The molecule has 1 fully saturated rings. The van der Waals surface area contributed by atoms with Crippen molar-refractivity contribution < 1.29 is 33.0 Å². The number of aliphatic carboxylic acids is 1. The molecule has 8 nitrogen and oxygen atoms in total. The molecule has 1 aliphatic rings. The molecule has 3 N–H and O–H groups in total. The fourth-order valence-electron chi connectivity index (χ4n) is 4.33. The number of methoxy groups -OCH3 is 1. The third kappa shape index (κ3) is 7.12. The van der Waals surface area contributed by atoms with Crippen molar-refractivity contribution in [2.45, 2.75) is 38.1 Å². The first kappa shape index (κ1) is 26.4. The highest BCUT2D eigenvalue weighted by molar-refractivity contribution is 6.02. The predicted molar refractivity (Wildman–Crippen MR) is 129 cm³/mol. The SMILES string of the molecule is CCN(c1ccc([C@@H](COC)CC(=O)O)cc1NC(=O)Nc1ccc(F)cc1F)C1CCOCC1. The van der Waals surface area contributed by atoms with Crippen LogP contribution in [0.2, 0.25) is 0 Å². The molecule has 1 saturated heterocycles. The molecule has 1 heterocycles. The van der Waals surface area contributed by atoms with E-state index < -0.39 is 29.6 Å². The molecular weight excluding hydrogens is 460 g/mol. The number of urea groups is 1. The van der Waals surface area contributed by atoms with E-state index in [0.717, 1.165) is 30.7 Å². The van der Waals surface area contributed by atoms with Crippen LogP contribution in [0.4, 0.5) is 30.6 Å². The number of carbonyl (C=O) groups excluding carboxylic acids is 1. The van der Waals surface area contributed by atoms with Crippen molar-refractivity contribution in [1.82, 2.24) is 0 Å². The Hall–Kier alpha value is -3.24. The maximum Gasteiger partial charge on any atom is 0.323 e. The minimum absolute atomic E-state index is 0.142. The molecule has 35 heavy (non-hydrogen) atoms. The second-order valence-corrected chi connectivity index (χ2v) is 8.36. The van der Waals surface area contributed by atoms with Gasteiger partial charge in [-0.3, -0.25) is 4.79 Å². The second-order valence-electron chi connectivity index (χ2n) is 8.36. The zero-order valence-corrected chi connectivity index (χ0v) is 19.9. The lowest BCUT2D eigenvalue weighted by molar-refractivity contribution is -0.137. The van der Waals surface area contributed by atoms with E-state index in [1.54, 1.807) is 6.07 Å². The molecule has 0 saturated carbocycles. The molecule has 1 aliphatic heterocycles. The summed E-state index contributed by atoms with van der Waals surface area (Å²) >= 11 is 0. The zero-order valence-electron chi connectivity index (χ0n) is 19.9. The van der Waals surface area contributed by atoms with Crippen molar-refractivity contribution in [2.24, 2.45) is 0 Å². The smallest absolute Gasteiger partial charge is 0.323 e. The van der Waals surface area contributed by atoms with Gasteiger partial charge in [0.2, 0.25) is 0 Å². The van der Waals surface area contributed by atoms with Gasteiger partial charge in [-0.2, -0.15) is 0 Å². The molecule has 3 rings (SSSR count). The number of halogens is 2. The topological polar surface area (TPSA) is 100 Å². The average molecular weight is 492 g/mol. The highest BCUT2D eigenvalue weighted by Gasteiger charge is 2.25. The Balaban J connectivity index is 1.94. The first-order valence-electron chi connectivity index (χ1n) is 11.5. The highest BCUT2D eigenvalue weighted by atomic mass is 19.1. The van der Waals surface area contributed by atoms with Crippen LogP contribution in [0, 0.1) is 11.6 Å². The van der Waals surface area contributed by atoms with E-state index in [9.17, 15) is 23.5 Å². The summed E-state index contributed by atoms with van der Waals surface area (Å²) in [4.78, 5) is 26.4. The molecule has 2 amide bonds. The Morgan fingerprint density at radius 2 is 1.86 bits per heavy atom. The van der Waals surface area contributed by atoms with Crippen LogP contribution >= 0.6 is 0 Å². The first-order chi connectivity index (χ1) is 16.8. The normalized spacial score (nSPS) is 14.9. The van der Waals surface area contributed by atoms with E-state index in [1.807, 2.05) is 19.1 Å². The van der Waals surface area contributed by atoms with Crippen LogP contribution in [0.3, 0.4) is 0 Å². The van der Waals surface area contributed by atoms with Crippen LogP contribution in [-0.4, -0.2) is 56.6 Å². The van der Waals surface area contributed by atoms with Crippen LogP contribution in [0.1, 0.15) is 37.7 Å². The number of benzene rings is 2. The van der Waals surface area contributed by atoms with Gasteiger partial charge in [0.25, 0.3) is 0 Å². The fraction of sp³-hybridized carbons (Fsp3) is 0.440. The van der Waals surface area contributed by atoms with Gasteiger partial charge in [0, 0.05) is 44.9 Å². The number of ether oxygens (including phenoxy) is 2. The van der Waals surface area contributed by atoms with Crippen molar-refractivity contribution >= 4 is 29.1 Å². The van der Waals surface area contributed by atoms with Gasteiger partial charge in [-0.05, 0) is 49.6 Å². The third-order valence-electron chi connectivity index (χ3n) is 5.99. The molecule has 0 radical (unpaired) electrons. The van der Waals surface area contributed by atoms with Gasteiger partial charge < -0.3 is 30.1 Å². The molecule has 0 aromatic heterocycles. The van der Waals surface area contributed by atoms with E-state index in [0.29, 0.717) is 37.1 Å². The van der Waals surface area contributed by atoms with E-state index in [2.05, 4.69) is 15.5 Å². The number of rotatable bonds is 10. The second kappa shape index (κ2) is 12.5. The average Bonchev–Trinajstić information content (AvgIpc) is 2.82. The van der Waals surface area contributed by atoms with Crippen molar-refractivity contribution in [3.05, 3.63) is 53.6 Å². The summed E-state index contributed by atoms with van der Waals surface area (Å²) in [6.45, 7) is 4.15. The van der Waals surface area contributed by atoms with Gasteiger partial charge in [0.05, 0.1) is 30.1 Å². The van der Waals surface area contributed by atoms with Gasteiger partial charge in [-0.15, -0.1) is 0 Å². The molecule has 0 spiro atoms. The quantitative estimate of drug-likeness (QED) is 0.441. The molecule has 2 aromatic carbocycles. The zero-order chi connectivity index (χ0) is 25.4. The van der Waals surface area contributed by atoms with Gasteiger partial charge >= 0.3 is 12.0 Å². The fourth-order valence-corrected chi connectivity index (χ4v) is 4.33. The minimum atomic E-state index is -0.965. The molecule has 190 valence electrons. The summed E-state index contributed by atoms with van der Waals surface area (Å²) in [7, 11) is 1.50. The van der Waals surface area contributed by atoms with Gasteiger partial charge in [-0.1, -0.05) is 6.07 Å². The summed E-state index contributed by atoms with van der Waals surface area (Å²) < 4.78 is 38.0. The number of nitrogens with zero attached hydrogens (tertiary/aromatic N) is 1. The molecule has 2 aromatic rings. The number of anilines is 3. The number of hydrogen-bond donors (Lipinski definition) is 3. The summed E-state index contributed by atoms with van der Waals surface area (Å²) in [6.07, 6.45) is 1.51. The Kier molecular flexibility index (Phi) is 9.39. The van der Waals surface area contributed by atoms with Crippen LogP contribution in [-0.2, 0) is 14.3 Å². The highest BCUT2D eigenvalue weighted by Crippen LogP contribution is 2.34. The molecular formula is C25H31F2N3O5. The lowest BCUT2D eigenvalue weighted by Crippen LogP contribution is -2.40. The molecule has 0 unspecified atom stereocenters. The van der Waals surface area contributed by atoms with Crippen molar-refractivity contribution in [3.8, 4) is 0 Å². The third-order valence-corrected chi connectivity index (χ3v) is 5.99. The number of amides is 2. The molecule has 0 aliphatic carbocycles. The number of nitrogens with one attached hydrogen (secondary N) is 2. The Labute approximate surface area is 203 Å². The van der Waals surface area contributed by atoms with Crippen molar-refractivity contribution in [1.29, 1.82) is 0 Å². The number of carboxylic acid groups (broad SMARTS) is 1. The summed E-state index contributed by atoms with van der Waals surface area (Å²) in [5, 5.41) is 14.5. The summed E-state index contributed by atoms with van der Waals surface area (Å²) in [6, 6.07) is 7.79. The van der Waals surface area contributed by atoms with Crippen molar-refractivity contribution in [2.75, 3.05) is 49.0 Å². The van der Waals surface area contributed by atoms with Crippen LogP contribution < -0.4 is 15.5 Å². The van der Waals surface area contributed by atoms with Gasteiger partial charge in [0.15, 0.2) is 0 Å². The minimum Gasteiger partial charge on any atom is -0.481 e. The standard InChI is InChI=1S/C25H31F2N3O5/c1-3-30(19-8-10-35-11-9-19)23-7-4-16(17(15-34-2)13-24(31)32)12-22(23)29-25(33)28-21-6-5-18(26)14-20(21)27/h4-7,12,14,17,19H,3,8-11,13,15H2,1-2H3,(H,31,32)(H2,28,29,33)/t17-/m1/s1. The largest absolute Gasteiger partial charge is 0.481 e. The van der Waals surface area contributed by atoms with Crippen LogP contribution in [0.15, 0.2) is 36.4 Å². The van der Waals surface area contributed by atoms with Crippen LogP contribution in [0.25, 0.3) is 0 Å². The Bertz CT molecular complexity index is 1030. The number of carbonyl (C=O) groups is 2. The lowest BCUT2D eigenvalue weighted by atomic mass is 9.95. The Morgan fingerprint density at radius 3 is 2.49 bits per heavy atom. The number of carboxylic acids is 1. The van der Waals surface area contributed by atoms with E-state index >= 15 is 0 Å². The van der Waals surface area contributed by atoms with E-state index in [4.69, 9.17) is 9.47 Å². The van der Waals surface area contributed by atoms with Crippen molar-refractivity contribution in [3.63, 3.8) is 0 Å². The molecule has 10 heteroatoms. The van der Waals surface area contributed by atoms with Gasteiger partial charge in [-0.25, -0.2) is 13.6 Å². The van der Waals surface area contributed by atoms with Crippen LogP contribution in [0.5, 0.6) is 0 Å². The molecule has 1 atom stereocenters. The number of hydrogen-bond acceptors (Lipinski definition) is 5. The lowest BCUT2D eigenvalue weighted by Gasteiger charge is -2.36. The van der Waals surface area contributed by atoms with E-state index in [1.165, 1.54) is 7.11 Å². The first-order valence-corrected chi connectivity index (χ1v) is 11.5. The monoisotopic (exact) mass is 491 g/mol. The maximum atomic E-state index is 14.1. The maximum absolute atomic E-state index is 14.1. The van der Waals surface area contributed by atoms with Gasteiger partial charge in [0.1, 0.15) is 11.6 Å². The summed E-state index contributed by atoms with van der Waals surface area (Å²) in [5.41, 5.74) is 1.72.